The van der Waals surface area contributed by atoms with E-state index in [1.165, 1.54) is 6.20 Å². The van der Waals surface area contributed by atoms with E-state index >= 15 is 0 Å². The number of hydrogen-bond donors (Lipinski definition) is 2. The van der Waals surface area contributed by atoms with E-state index in [1.807, 2.05) is 12.1 Å². The third-order valence-electron chi connectivity index (χ3n) is 5.07. The Morgan fingerprint density at radius 1 is 1.03 bits per heavy atom. The number of rotatable bonds is 5. The van der Waals surface area contributed by atoms with Crippen LogP contribution in [-0.2, 0) is 10.0 Å². The van der Waals surface area contributed by atoms with E-state index in [0.717, 1.165) is 43.1 Å². The molecule has 0 saturated carbocycles. The Labute approximate surface area is 191 Å². The molecule has 0 bridgehead atoms. The fourth-order valence-corrected chi connectivity index (χ4v) is 5.75. The van der Waals surface area contributed by atoms with E-state index in [2.05, 4.69) is 24.9 Å². The highest BCUT2D eigenvalue weighted by Gasteiger charge is 2.24. The molecule has 0 amide bonds. The second-order valence-corrected chi connectivity index (χ2v) is 9.64. The highest BCUT2D eigenvalue weighted by molar-refractivity contribution is 7.93. The predicted octanol–water partition coefficient (Wildman–Crippen LogP) is 3.97. The minimum Gasteiger partial charge on any atom is -0.354 e. The van der Waals surface area contributed by atoms with E-state index in [1.54, 1.807) is 37.5 Å². The van der Waals surface area contributed by atoms with Crippen LogP contribution < -0.4 is 14.9 Å². The lowest BCUT2D eigenvalue weighted by molar-refractivity contribution is 0.585. The molecule has 162 valence electrons. The lowest BCUT2D eigenvalue weighted by atomic mass is 10.1. The first kappa shape index (κ1) is 21.8. The second kappa shape index (κ2) is 9.00. The molecule has 10 heteroatoms. The van der Waals surface area contributed by atoms with Crippen LogP contribution >= 0.6 is 23.2 Å². The normalized spacial score (nSPS) is 14.5. The van der Waals surface area contributed by atoms with Crippen molar-refractivity contribution in [3.63, 3.8) is 0 Å². The van der Waals surface area contributed by atoms with E-state index < -0.39 is 10.0 Å². The van der Waals surface area contributed by atoms with Gasteiger partial charge in [-0.3, -0.25) is 9.71 Å². The SMILES string of the molecule is Cc1ccncc1NS(=O)(=O)c1c(Cl)cc(-c2ccnc(N3CCNCC3)c2)cc1Cl. The summed E-state index contributed by atoms with van der Waals surface area (Å²) in [6.07, 6.45) is 4.76. The first-order valence-electron chi connectivity index (χ1n) is 9.70. The zero-order chi connectivity index (χ0) is 22.0. The van der Waals surface area contributed by atoms with Crippen LogP contribution in [-0.4, -0.2) is 44.6 Å². The van der Waals surface area contributed by atoms with E-state index in [-0.39, 0.29) is 14.9 Å². The summed E-state index contributed by atoms with van der Waals surface area (Å²) in [5.74, 6) is 0.858. The van der Waals surface area contributed by atoms with Gasteiger partial charge in [0.15, 0.2) is 0 Å². The quantitative estimate of drug-likeness (QED) is 0.577. The van der Waals surface area contributed by atoms with Gasteiger partial charge in [0, 0.05) is 38.6 Å². The molecule has 1 aliphatic heterocycles. The van der Waals surface area contributed by atoms with Crippen LogP contribution in [0.1, 0.15) is 5.56 Å². The van der Waals surface area contributed by atoms with Crippen LogP contribution in [0.5, 0.6) is 0 Å². The number of nitrogens with zero attached hydrogens (tertiary/aromatic N) is 3. The zero-order valence-corrected chi connectivity index (χ0v) is 19.1. The molecule has 1 saturated heterocycles. The van der Waals surface area contributed by atoms with E-state index in [0.29, 0.717) is 11.3 Å². The summed E-state index contributed by atoms with van der Waals surface area (Å²) in [7, 11) is -4.00. The van der Waals surface area contributed by atoms with Crippen molar-refractivity contribution in [2.75, 3.05) is 35.8 Å². The topological polar surface area (TPSA) is 87.2 Å². The largest absolute Gasteiger partial charge is 0.354 e. The standard InChI is InChI=1S/C21H21Cl2N5O2S/c1-14-2-4-25-13-19(14)27-31(29,30)21-17(22)10-16(11-18(21)23)15-3-5-26-20(12-15)28-8-6-24-7-9-28/h2-5,10-13,24,27H,6-9H2,1H3. The molecule has 31 heavy (non-hydrogen) atoms. The third kappa shape index (κ3) is 4.77. The highest BCUT2D eigenvalue weighted by atomic mass is 35.5. The maximum absolute atomic E-state index is 13.0. The molecule has 3 aromatic rings. The maximum atomic E-state index is 13.0. The van der Waals surface area contributed by atoms with Crippen molar-refractivity contribution in [1.82, 2.24) is 15.3 Å². The number of pyridine rings is 2. The molecule has 0 spiro atoms. The monoisotopic (exact) mass is 477 g/mol. The van der Waals surface area contributed by atoms with E-state index in [4.69, 9.17) is 23.2 Å². The molecular formula is C21H21Cl2N5O2S. The number of benzene rings is 1. The van der Waals surface area contributed by atoms with Gasteiger partial charge >= 0.3 is 0 Å². The summed E-state index contributed by atoms with van der Waals surface area (Å²) >= 11 is 12.8. The Balaban J connectivity index is 1.67. The van der Waals surface area contributed by atoms with Crippen molar-refractivity contribution in [2.45, 2.75) is 11.8 Å². The van der Waals surface area contributed by atoms with Gasteiger partial charge in [0.2, 0.25) is 0 Å². The van der Waals surface area contributed by atoms with Gasteiger partial charge in [-0.2, -0.15) is 0 Å². The number of aryl methyl sites for hydroxylation is 1. The Morgan fingerprint density at radius 3 is 2.42 bits per heavy atom. The lowest BCUT2D eigenvalue weighted by Crippen LogP contribution is -2.43. The average molecular weight is 478 g/mol. The Bertz CT molecular complexity index is 1190. The van der Waals surface area contributed by atoms with Crippen LogP contribution in [0.25, 0.3) is 11.1 Å². The lowest BCUT2D eigenvalue weighted by Gasteiger charge is -2.28. The van der Waals surface area contributed by atoms with Gasteiger partial charge in [0.1, 0.15) is 10.7 Å². The predicted molar refractivity (Wildman–Crippen MR) is 125 cm³/mol. The van der Waals surface area contributed by atoms with Gasteiger partial charge in [0.25, 0.3) is 10.0 Å². The summed E-state index contributed by atoms with van der Waals surface area (Å²) in [6.45, 7) is 5.33. The van der Waals surface area contributed by atoms with Gasteiger partial charge in [-0.15, -0.1) is 0 Å². The number of nitrogens with one attached hydrogen (secondary N) is 2. The molecular weight excluding hydrogens is 457 g/mol. The molecule has 1 aliphatic rings. The van der Waals surface area contributed by atoms with Crippen LogP contribution in [0.4, 0.5) is 11.5 Å². The Kier molecular flexibility index (Phi) is 6.34. The van der Waals surface area contributed by atoms with Crippen molar-refractivity contribution < 1.29 is 8.42 Å². The maximum Gasteiger partial charge on any atom is 0.264 e. The summed E-state index contributed by atoms with van der Waals surface area (Å²) < 4.78 is 28.5. The molecule has 2 aromatic heterocycles. The van der Waals surface area contributed by atoms with Gasteiger partial charge in [-0.1, -0.05) is 23.2 Å². The van der Waals surface area contributed by atoms with Crippen molar-refractivity contribution in [3.05, 3.63) is 64.5 Å². The van der Waals surface area contributed by atoms with Gasteiger partial charge in [-0.25, -0.2) is 13.4 Å². The first-order chi connectivity index (χ1) is 14.8. The second-order valence-electron chi connectivity index (χ2n) is 7.20. The Hall–Kier alpha value is -2.39. The smallest absolute Gasteiger partial charge is 0.264 e. The van der Waals surface area contributed by atoms with Gasteiger partial charge < -0.3 is 10.2 Å². The first-order valence-corrected chi connectivity index (χ1v) is 11.9. The molecule has 7 nitrogen and oxygen atoms in total. The number of piperazine rings is 1. The summed E-state index contributed by atoms with van der Waals surface area (Å²) in [5, 5.41) is 3.39. The van der Waals surface area contributed by atoms with Crippen LogP contribution in [0.15, 0.2) is 53.8 Å². The van der Waals surface area contributed by atoms with Crippen molar-refractivity contribution >= 4 is 44.7 Å². The Morgan fingerprint density at radius 2 is 1.74 bits per heavy atom. The summed E-state index contributed by atoms with van der Waals surface area (Å²) in [4.78, 5) is 10.5. The number of sulfonamides is 1. The van der Waals surface area contributed by atoms with E-state index in [9.17, 15) is 8.42 Å². The van der Waals surface area contributed by atoms with Crippen molar-refractivity contribution in [1.29, 1.82) is 0 Å². The number of aromatic nitrogens is 2. The fourth-order valence-electron chi connectivity index (χ4n) is 3.41. The number of anilines is 2. The fraction of sp³-hybridized carbons (Fsp3) is 0.238. The highest BCUT2D eigenvalue weighted by Crippen LogP contribution is 2.36. The molecule has 2 N–H and O–H groups in total. The van der Waals surface area contributed by atoms with Gasteiger partial charge in [0.05, 0.1) is 21.9 Å². The molecule has 0 unspecified atom stereocenters. The molecule has 4 rings (SSSR count). The molecule has 1 fully saturated rings. The molecule has 3 heterocycles. The number of hydrogen-bond acceptors (Lipinski definition) is 6. The van der Waals surface area contributed by atoms with Crippen molar-refractivity contribution in [2.24, 2.45) is 0 Å². The van der Waals surface area contributed by atoms with Crippen LogP contribution in [0.2, 0.25) is 10.0 Å². The minimum atomic E-state index is -4.00. The minimum absolute atomic E-state index is 0.0390. The molecule has 0 aliphatic carbocycles. The average Bonchev–Trinajstić information content (AvgIpc) is 2.75. The summed E-state index contributed by atoms with van der Waals surface area (Å²) in [6, 6.07) is 8.73. The molecule has 0 atom stereocenters. The van der Waals surface area contributed by atoms with Crippen LogP contribution in [0, 0.1) is 6.92 Å². The molecule has 0 radical (unpaired) electrons. The van der Waals surface area contributed by atoms with Gasteiger partial charge in [-0.05, 0) is 53.9 Å². The van der Waals surface area contributed by atoms with Crippen LogP contribution in [0.3, 0.4) is 0 Å². The number of halogens is 2. The molecule has 1 aromatic carbocycles. The third-order valence-corrected chi connectivity index (χ3v) is 7.36. The summed E-state index contributed by atoms with van der Waals surface area (Å²) in [5.41, 5.74) is 2.67. The zero-order valence-electron chi connectivity index (χ0n) is 16.8. The van der Waals surface area contributed by atoms with Crippen molar-refractivity contribution in [3.8, 4) is 11.1 Å².